The monoisotopic (exact) mass is 367 g/mol. The van der Waals surface area contributed by atoms with Gasteiger partial charge in [0.05, 0.1) is 0 Å². The van der Waals surface area contributed by atoms with Gasteiger partial charge < -0.3 is 9.42 Å². The number of nitrogens with zero attached hydrogens (tertiary/aromatic N) is 3. The SMILES string of the molecule is Cc1cccc(N2CC(c3noc(-c4cccc(Cl)c4)n3)CC2=O)c1C. The molecule has 1 unspecified atom stereocenters. The molecule has 0 spiro atoms. The molecule has 3 aromatic rings. The number of aromatic nitrogens is 2. The minimum Gasteiger partial charge on any atom is -0.334 e. The first-order chi connectivity index (χ1) is 12.5. The van der Waals surface area contributed by atoms with Crippen LogP contribution in [0.25, 0.3) is 11.5 Å². The van der Waals surface area contributed by atoms with Gasteiger partial charge in [0.2, 0.25) is 5.91 Å². The summed E-state index contributed by atoms with van der Waals surface area (Å²) < 4.78 is 5.39. The van der Waals surface area contributed by atoms with Crippen LogP contribution in [0.15, 0.2) is 47.0 Å². The van der Waals surface area contributed by atoms with E-state index in [0.717, 1.165) is 16.8 Å². The Kier molecular flexibility index (Phi) is 4.24. The molecular formula is C20H18ClN3O2. The molecule has 0 aliphatic carbocycles. The van der Waals surface area contributed by atoms with Gasteiger partial charge in [-0.05, 0) is 49.2 Å². The fourth-order valence-corrected chi connectivity index (χ4v) is 3.47. The van der Waals surface area contributed by atoms with Gasteiger partial charge in [0.1, 0.15) is 0 Å². The third-order valence-electron chi connectivity index (χ3n) is 4.87. The molecular weight excluding hydrogens is 350 g/mol. The minimum absolute atomic E-state index is 0.0813. The number of aryl methyl sites for hydroxylation is 1. The highest BCUT2D eigenvalue weighted by Crippen LogP contribution is 2.34. The Labute approximate surface area is 156 Å². The molecule has 1 aliphatic rings. The van der Waals surface area contributed by atoms with Crippen LogP contribution in [0, 0.1) is 13.8 Å². The van der Waals surface area contributed by atoms with E-state index in [1.807, 2.05) is 49.1 Å². The molecule has 0 N–H and O–H groups in total. The van der Waals surface area contributed by atoms with Crippen LogP contribution in [-0.2, 0) is 4.79 Å². The first-order valence-electron chi connectivity index (χ1n) is 8.49. The second-order valence-electron chi connectivity index (χ2n) is 6.59. The molecule has 6 heteroatoms. The van der Waals surface area contributed by atoms with Crippen molar-refractivity contribution in [1.82, 2.24) is 10.1 Å². The standard InChI is InChI=1S/C20H18ClN3O2/c1-12-5-3-8-17(13(12)2)24-11-15(10-18(24)25)19-22-20(26-23-19)14-6-4-7-16(21)9-14/h3-9,15H,10-11H2,1-2H3. The van der Waals surface area contributed by atoms with Crippen LogP contribution in [0.5, 0.6) is 0 Å². The van der Waals surface area contributed by atoms with Crippen LogP contribution in [0.1, 0.15) is 29.3 Å². The highest BCUT2D eigenvalue weighted by Gasteiger charge is 2.35. The number of amides is 1. The number of carbonyl (C=O) groups excluding carboxylic acids is 1. The van der Waals surface area contributed by atoms with Crippen LogP contribution in [0.4, 0.5) is 5.69 Å². The summed E-state index contributed by atoms with van der Waals surface area (Å²) in [4.78, 5) is 18.9. The maximum Gasteiger partial charge on any atom is 0.257 e. The van der Waals surface area contributed by atoms with Gasteiger partial charge >= 0.3 is 0 Å². The molecule has 5 nitrogen and oxygen atoms in total. The molecule has 2 heterocycles. The van der Waals surface area contributed by atoms with Crippen molar-refractivity contribution in [1.29, 1.82) is 0 Å². The molecule has 0 radical (unpaired) electrons. The summed E-state index contributed by atoms with van der Waals surface area (Å²) in [7, 11) is 0. The van der Waals surface area contributed by atoms with Crippen molar-refractivity contribution < 1.29 is 9.32 Å². The van der Waals surface area contributed by atoms with Crippen molar-refractivity contribution >= 4 is 23.2 Å². The zero-order valence-corrected chi connectivity index (χ0v) is 15.3. The molecule has 1 amide bonds. The van der Waals surface area contributed by atoms with Crippen molar-refractivity contribution in [3.63, 3.8) is 0 Å². The van der Waals surface area contributed by atoms with Crippen LogP contribution in [-0.4, -0.2) is 22.6 Å². The van der Waals surface area contributed by atoms with Crippen molar-refractivity contribution in [2.45, 2.75) is 26.2 Å². The van der Waals surface area contributed by atoms with Gasteiger partial charge in [-0.1, -0.05) is 35.0 Å². The summed E-state index contributed by atoms with van der Waals surface area (Å²) in [5, 5.41) is 4.71. The number of carbonyl (C=O) groups is 1. The summed E-state index contributed by atoms with van der Waals surface area (Å²) >= 11 is 6.02. The van der Waals surface area contributed by atoms with E-state index in [9.17, 15) is 4.79 Å². The molecule has 1 aromatic heterocycles. The van der Waals surface area contributed by atoms with Gasteiger partial charge in [-0.2, -0.15) is 4.98 Å². The van der Waals surface area contributed by atoms with Crippen LogP contribution in [0.2, 0.25) is 5.02 Å². The van der Waals surface area contributed by atoms with Crippen LogP contribution < -0.4 is 4.90 Å². The zero-order valence-electron chi connectivity index (χ0n) is 14.6. The fraction of sp³-hybridized carbons (Fsp3) is 0.250. The Balaban J connectivity index is 1.59. The Morgan fingerprint density at radius 3 is 2.81 bits per heavy atom. The van der Waals surface area contributed by atoms with Gasteiger partial charge in [-0.3, -0.25) is 4.79 Å². The summed E-state index contributed by atoms with van der Waals surface area (Å²) in [6, 6.07) is 13.3. The van der Waals surface area contributed by atoms with Gasteiger partial charge in [0.25, 0.3) is 5.89 Å². The lowest BCUT2D eigenvalue weighted by Crippen LogP contribution is -2.25. The van der Waals surface area contributed by atoms with Crippen molar-refractivity contribution in [2.75, 3.05) is 11.4 Å². The smallest absolute Gasteiger partial charge is 0.257 e. The molecule has 26 heavy (non-hydrogen) atoms. The van der Waals surface area contributed by atoms with Gasteiger partial charge in [-0.25, -0.2) is 0 Å². The number of hydrogen-bond donors (Lipinski definition) is 0. The lowest BCUT2D eigenvalue weighted by Gasteiger charge is -2.19. The van der Waals surface area contributed by atoms with Gasteiger partial charge in [-0.15, -0.1) is 0 Å². The third-order valence-corrected chi connectivity index (χ3v) is 5.11. The number of rotatable bonds is 3. The first kappa shape index (κ1) is 16.8. The van der Waals surface area contributed by atoms with E-state index in [4.69, 9.17) is 16.1 Å². The van der Waals surface area contributed by atoms with E-state index in [1.165, 1.54) is 5.56 Å². The van der Waals surface area contributed by atoms with Crippen molar-refractivity contribution in [3.05, 3.63) is 64.4 Å². The maximum atomic E-state index is 12.6. The molecule has 1 atom stereocenters. The Hall–Kier alpha value is -2.66. The number of anilines is 1. The molecule has 0 bridgehead atoms. The van der Waals surface area contributed by atoms with E-state index in [1.54, 1.807) is 12.1 Å². The molecule has 1 fully saturated rings. The summed E-state index contributed by atoms with van der Waals surface area (Å²) in [5.74, 6) is 0.971. The van der Waals surface area contributed by atoms with E-state index in [0.29, 0.717) is 29.7 Å². The molecule has 2 aromatic carbocycles. The second-order valence-corrected chi connectivity index (χ2v) is 7.03. The average Bonchev–Trinajstić information content (AvgIpc) is 3.24. The highest BCUT2D eigenvalue weighted by atomic mass is 35.5. The zero-order chi connectivity index (χ0) is 18.3. The third kappa shape index (κ3) is 2.99. The van der Waals surface area contributed by atoms with Crippen molar-refractivity contribution in [3.8, 4) is 11.5 Å². The van der Waals surface area contributed by atoms with E-state index >= 15 is 0 Å². The van der Waals surface area contributed by atoms with Crippen molar-refractivity contribution in [2.24, 2.45) is 0 Å². The number of benzene rings is 2. The summed E-state index contributed by atoms with van der Waals surface area (Å²) in [5.41, 5.74) is 4.01. The lowest BCUT2D eigenvalue weighted by molar-refractivity contribution is -0.117. The maximum absolute atomic E-state index is 12.6. The minimum atomic E-state index is -0.0842. The highest BCUT2D eigenvalue weighted by molar-refractivity contribution is 6.30. The van der Waals surface area contributed by atoms with E-state index in [-0.39, 0.29) is 11.8 Å². The molecule has 132 valence electrons. The topological polar surface area (TPSA) is 59.2 Å². The molecule has 1 aliphatic heterocycles. The largest absolute Gasteiger partial charge is 0.334 e. The Morgan fingerprint density at radius 1 is 1.19 bits per heavy atom. The summed E-state index contributed by atoms with van der Waals surface area (Å²) in [6.45, 7) is 4.64. The van der Waals surface area contributed by atoms with Gasteiger partial charge in [0.15, 0.2) is 5.82 Å². The fourth-order valence-electron chi connectivity index (χ4n) is 3.28. The second kappa shape index (κ2) is 6.57. The first-order valence-corrected chi connectivity index (χ1v) is 8.87. The van der Waals surface area contributed by atoms with E-state index in [2.05, 4.69) is 10.1 Å². The average molecular weight is 368 g/mol. The van der Waals surface area contributed by atoms with Crippen LogP contribution in [0.3, 0.4) is 0 Å². The van der Waals surface area contributed by atoms with Crippen LogP contribution >= 0.6 is 11.6 Å². The van der Waals surface area contributed by atoms with Gasteiger partial charge in [0, 0.05) is 35.2 Å². The molecule has 4 rings (SSSR count). The normalized spacial score (nSPS) is 17.1. The number of hydrogen-bond acceptors (Lipinski definition) is 4. The summed E-state index contributed by atoms with van der Waals surface area (Å²) in [6.07, 6.45) is 0.377. The Morgan fingerprint density at radius 2 is 2.00 bits per heavy atom. The quantitative estimate of drug-likeness (QED) is 0.682. The molecule has 0 saturated carbocycles. The van der Waals surface area contributed by atoms with E-state index < -0.39 is 0 Å². The Bertz CT molecular complexity index is 983. The predicted octanol–water partition coefficient (Wildman–Crippen LogP) is 4.53. The predicted molar refractivity (Wildman–Crippen MR) is 100 cm³/mol. The molecule has 1 saturated heterocycles. The lowest BCUT2D eigenvalue weighted by atomic mass is 10.1. The number of halogens is 1.